The number of hydrogen-bond acceptors (Lipinski definition) is 4. The van der Waals surface area contributed by atoms with Gasteiger partial charge < -0.3 is 10.1 Å². The minimum atomic E-state index is 0.691. The van der Waals surface area contributed by atoms with Gasteiger partial charge in [-0.05, 0) is 49.9 Å². The van der Waals surface area contributed by atoms with Gasteiger partial charge in [-0.25, -0.2) is 9.97 Å². The highest BCUT2D eigenvalue weighted by Gasteiger charge is 2.10. The quantitative estimate of drug-likeness (QED) is 0.930. The van der Waals surface area contributed by atoms with Crippen molar-refractivity contribution in [2.24, 2.45) is 0 Å². The normalized spacial score (nSPS) is 13.5. The van der Waals surface area contributed by atoms with Crippen LogP contribution in [-0.2, 0) is 13.0 Å². The molecule has 1 aromatic carbocycles. The van der Waals surface area contributed by atoms with Gasteiger partial charge in [0.2, 0.25) is 5.95 Å². The van der Waals surface area contributed by atoms with Crippen LogP contribution in [0.15, 0.2) is 24.3 Å². The van der Waals surface area contributed by atoms with Crippen LogP contribution >= 0.6 is 0 Å². The topological polar surface area (TPSA) is 47.0 Å². The zero-order valence-electron chi connectivity index (χ0n) is 11.9. The SMILES string of the molecule is Cc1cc(C)nc(NCc2ccc3c(c2)CCCO3)n1. The van der Waals surface area contributed by atoms with Crippen molar-refractivity contribution in [1.82, 2.24) is 9.97 Å². The molecular formula is C16H19N3O. The second kappa shape index (κ2) is 5.49. The highest BCUT2D eigenvalue weighted by molar-refractivity contribution is 5.40. The average Bonchev–Trinajstić information content (AvgIpc) is 2.44. The van der Waals surface area contributed by atoms with E-state index < -0.39 is 0 Å². The molecule has 104 valence electrons. The summed E-state index contributed by atoms with van der Waals surface area (Å²) in [6.45, 7) is 5.53. The first-order chi connectivity index (χ1) is 9.70. The van der Waals surface area contributed by atoms with Gasteiger partial charge in [0.15, 0.2) is 0 Å². The molecule has 1 aromatic heterocycles. The van der Waals surface area contributed by atoms with Crippen LogP contribution in [0.4, 0.5) is 5.95 Å². The summed E-state index contributed by atoms with van der Waals surface area (Å²) in [6, 6.07) is 8.35. The van der Waals surface area contributed by atoms with Crippen LogP contribution < -0.4 is 10.1 Å². The summed E-state index contributed by atoms with van der Waals surface area (Å²) in [7, 11) is 0. The summed E-state index contributed by atoms with van der Waals surface area (Å²) in [6.07, 6.45) is 2.20. The number of aryl methyl sites for hydroxylation is 3. The predicted octanol–water partition coefficient (Wildman–Crippen LogP) is 3.03. The molecule has 0 fully saturated rings. The van der Waals surface area contributed by atoms with E-state index in [-0.39, 0.29) is 0 Å². The van der Waals surface area contributed by atoms with Gasteiger partial charge in [0.05, 0.1) is 6.61 Å². The molecule has 0 unspecified atom stereocenters. The molecule has 0 saturated carbocycles. The van der Waals surface area contributed by atoms with Gasteiger partial charge in [0.25, 0.3) is 0 Å². The molecule has 1 N–H and O–H groups in total. The summed E-state index contributed by atoms with van der Waals surface area (Å²) in [5.74, 6) is 1.72. The first kappa shape index (κ1) is 12.9. The van der Waals surface area contributed by atoms with Crippen LogP contribution in [0.1, 0.15) is 28.9 Å². The van der Waals surface area contributed by atoms with Crippen LogP contribution in [0.25, 0.3) is 0 Å². The van der Waals surface area contributed by atoms with Gasteiger partial charge in [-0.1, -0.05) is 12.1 Å². The van der Waals surface area contributed by atoms with Gasteiger partial charge in [0, 0.05) is 17.9 Å². The Balaban J connectivity index is 1.71. The Morgan fingerprint density at radius 2 is 1.95 bits per heavy atom. The molecule has 20 heavy (non-hydrogen) atoms. The number of anilines is 1. The molecule has 4 nitrogen and oxygen atoms in total. The second-order valence-corrected chi connectivity index (χ2v) is 5.22. The molecule has 2 aromatic rings. The van der Waals surface area contributed by atoms with Crippen molar-refractivity contribution in [2.45, 2.75) is 33.2 Å². The largest absolute Gasteiger partial charge is 0.493 e. The number of benzene rings is 1. The highest BCUT2D eigenvalue weighted by Crippen LogP contribution is 2.25. The monoisotopic (exact) mass is 269 g/mol. The van der Waals surface area contributed by atoms with Gasteiger partial charge >= 0.3 is 0 Å². The van der Waals surface area contributed by atoms with Crippen molar-refractivity contribution in [3.63, 3.8) is 0 Å². The van der Waals surface area contributed by atoms with E-state index in [9.17, 15) is 0 Å². The number of hydrogen-bond donors (Lipinski definition) is 1. The first-order valence-corrected chi connectivity index (χ1v) is 7.01. The minimum absolute atomic E-state index is 0.691. The predicted molar refractivity (Wildman–Crippen MR) is 79.1 cm³/mol. The number of nitrogens with zero attached hydrogens (tertiary/aromatic N) is 2. The van der Waals surface area contributed by atoms with E-state index >= 15 is 0 Å². The minimum Gasteiger partial charge on any atom is -0.493 e. The van der Waals surface area contributed by atoms with E-state index in [1.54, 1.807) is 0 Å². The first-order valence-electron chi connectivity index (χ1n) is 7.01. The molecule has 0 saturated heterocycles. The van der Waals surface area contributed by atoms with Gasteiger partial charge in [-0.15, -0.1) is 0 Å². The Morgan fingerprint density at radius 3 is 2.75 bits per heavy atom. The number of rotatable bonds is 3. The molecule has 2 heterocycles. The fourth-order valence-corrected chi connectivity index (χ4v) is 2.51. The third-order valence-electron chi connectivity index (χ3n) is 3.41. The van der Waals surface area contributed by atoms with Crippen LogP contribution in [0.5, 0.6) is 5.75 Å². The second-order valence-electron chi connectivity index (χ2n) is 5.22. The smallest absolute Gasteiger partial charge is 0.223 e. The Morgan fingerprint density at radius 1 is 1.15 bits per heavy atom. The number of ether oxygens (including phenoxy) is 1. The lowest BCUT2D eigenvalue weighted by Crippen LogP contribution is -2.10. The van der Waals surface area contributed by atoms with Crippen molar-refractivity contribution in [1.29, 1.82) is 0 Å². The van der Waals surface area contributed by atoms with E-state index in [1.165, 1.54) is 11.1 Å². The summed E-state index contributed by atoms with van der Waals surface area (Å²) < 4.78 is 5.63. The van der Waals surface area contributed by atoms with Crippen molar-refractivity contribution in [3.8, 4) is 5.75 Å². The molecular weight excluding hydrogens is 250 g/mol. The lowest BCUT2D eigenvalue weighted by Gasteiger charge is -2.18. The lowest BCUT2D eigenvalue weighted by atomic mass is 10.0. The summed E-state index contributed by atoms with van der Waals surface area (Å²) in [5.41, 5.74) is 4.51. The van der Waals surface area contributed by atoms with Crippen molar-refractivity contribution in [2.75, 3.05) is 11.9 Å². The molecule has 0 atom stereocenters. The van der Waals surface area contributed by atoms with Gasteiger partial charge in [-0.2, -0.15) is 0 Å². The van der Waals surface area contributed by atoms with E-state index in [0.717, 1.165) is 43.1 Å². The third kappa shape index (κ3) is 2.90. The molecule has 0 amide bonds. The fourth-order valence-electron chi connectivity index (χ4n) is 2.51. The third-order valence-corrected chi connectivity index (χ3v) is 3.41. The number of nitrogens with one attached hydrogen (secondary N) is 1. The Hall–Kier alpha value is -2.10. The lowest BCUT2D eigenvalue weighted by molar-refractivity contribution is 0.288. The molecule has 0 spiro atoms. The van der Waals surface area contributed by atoms with E-state index in [0.29, 0.717) is 5.95 Å². The maximum absolute atomic E-state index is 5.63. The van der Waals surface area contributed by atoms with Crippen LogP contribution in [0, 0.1) is 13.8 Å². The van der Waals surface area contributed by atoms with Crippen molar-refractivity contribution < 1.29 is 4.74 Å². The molecule has 3 rings (SSSR count). The van der Waals surface area contributed by atoms with E-state index in [4.69, 9.17) is 4.74 Å². The highest BCUT2D eigenvalue weighted by atomic mass is 16.5. The van der Waals surface area contributed by atoms with Crippen LogP contribution in [0.2, 0.25) is 0 Å². The molecule has 0 aliphatic carbocycles. The van der Waals surface area contributed by atoms with Crippen molar-refractivity contribution in [3.05, 3.63) is 46.8 Å². The Labute approximate surface area is 119 Å². The average molecular weight is 269 g/mol. The molecule has 1 aliphatic rings. The van der Waals surface area contributed by atoms with E-state index in [1.807, 2.05) is 19.9 Å². The van der Waals surface area contributed by atoms with Gasteiger partial charge in [-0.3, -0.25) is 0 Å². The molecule has 0 radical (unpaired) electrons. The molecule has 1 aliphatic heterocycles. The van der Waals surface area contributed by atoms with E-state index in [2.05, 4.69) is 33.5 Å². The fraction of sp³-hybridized carbons (Fsp3) is 0.375. The van der Waals surface area contributed by atoms with Crippen molar-refractivity contribution >= 4 is 5.95 Å². The Bertz CT molecular complexity index is 605. The summed E-state index contributed by atoms with van der Waals surface area (Å²) in [5, 5.41) is 3.29. The van der Waals surface area contributed by atoms with Gasteiger partial charge in [0.1, 0.15) is 5.75 Å². The zero-order valence-corrected chi connectivity index (χ0v) is 11.9. The number of fused-ring (bicyclic) bond motifs is 1. The Kier molecular flexibility index (Phi) is 3.54. The summed E-state index contributed by atoms with van der Waals surface area (Å²) >= 11 is 0. The maximum Gasteiger partial charge on any atom is 0.223 e. The number of aromatic nitrogens is 2. The van der Waals surface area contributed by atoms with Crippen LogP contribution in [0.3, 0.4) is 0 Å². The van der Waals surface area contributed by atoms with Crippen LogP contribution in [-0.4, -0.2) is 16.6 Å². The standard InChI is InChI=1S/C16H19N3O/c1-11-8-12(2)19-16(18-11)17-10-13-5-6-15-14(9-13)4-3-7-20-15/h5-6,8-9H,3-4,7,10H2,1-2H3,(H,17,18,19). The molecule has 4 heteroatoms. The summed E-state index contributed by atoms with van der Waals surface area (Å²) in [4.78, 5) is 8.78. The zero-order chi connectivity index (χ0) is 13.9. The molecule has 0 bridgehead atoms. The maximum atomic E-state index is 5.63.